The number of hydrogen-bond donors (Lipinski definition) is 1. The molecule has 1 aromatic carbocycles. The molecule has 3 nitrogen and oxygen atoms in total. The lowest BCUT2D eigenvalue weighted by molar-refractivity contribution is 0.390. The molecule has 19 heavy (non-hydrogen) atoms. The molecule has 2 saturated carbocycles. The van der Waals surface area contributed by atoms with Crippen LogP contribution in [-0.2, 0) is 10.0 Å². The van der Waals surface area contributed by atoms with Gasteiger partial charge < -0.3 is 0 Å². The van der Waals surface area contributed by atoms with Crippen LogP contribution in [0.2, 0.25) is 0 Å². The van der Waals surface area contributed by atoms with Gasteiger partial charge in [0.1, 0.15) is 5.82 Å². The van der Waals surface area contributed by atoms with Gasteiger partial charge in [0.25, 0.3) is 0 Å². The fraction of sp³-hybridized carbons (Fsp3) is 0.538. The molecule has 3 unspecified atom stereocenters. The van der Waals surface area contributed by atoms with Gasteiger partial charge in [-0.25, -0.2) is 17.5 Å². The Morgan fingerprint density at radius 1 is 1.26 bits per heavy atom. The highest BCUT2D eigenvalue weighted by Gasteiger charge is 2.41. The van der Waals surface area contributed by atoms with E-state index in [9.17, 15) is 12.8 Å². The zero-order valence-corrected chi connectivity index (χ0v) is 12.7. The Hall–Kier alpha value is -0.460. The smallest absolute Gasteiger partial charge is 0.208 e. The van der Waals surface area contributed by atoms with E-state index in [0.29, 0.717) is 11.8 Å². The molecule has 6 heteroatoms. The van der Waals surface area contributed by atoms with Gasteiger partial charge in [0.2, 0.25) is 10.0 Å². The molecule has 0 amide bonds. The van der Waals surface area contributed by atoms with Crippen LogP contribution < -0.4 is 4.72 Å². The van der Waals surface area contributed by atoms with Crippen LogP contribution in [0.15, 0.2) is 27.6 Å². The van der Waals surface area contributed by atoms with Crippen LogP contribution in [0, 0.1) is 17.7 Å². The Bertz CT molecular complexity index is 605. The average molecular weight is 348 g/mol. The number of hydrogen-bond acceptors (Lipinski definition) is 2. The molecule has 2 aliphatic rings. The molecule has 0 heterocycles. The van der Waals surface area contributed by atoms with Gasteiger partial charge >= 0.3 is 0 Å². The first kappa shape index (κ1) is 13.5. The van der Waals surface area contributed by atoms with E-state index in [0.717, 1.165) is 25.3 Å². The van der Waals surface area contributed by atoms with Crippen molar-refractivity contribution in [2.75, 3.05) is 0 Å². The minimum Gasteiger partial charge on any atom is -0.208 e. The first-order chi connectivity index (χ1) is 8.95. The topological polar surface area (TPSA) is 46.2 Å². The Balaban J connectivity index is 1.80. The number of rotatable bonds is 3. The summed E-state index contributed by atoms with van der Waals surface area (Å²) in [4.78, 5) is -0.00373. The molecule has 3 atom stereocenters. The fourth-order valence-electron chi connectivity index (χ4n) is 3.30. The Labute approximate surface area is 120 Å². The van der Waals surface area contributed by atoms with Gasteiger partial charge in [-0.1, -0.05) is 6.42 Å². The van der Waals surface area contributed by atoms with Crippen molar-refractivity contribution in [3.63, 3.8) is 0 Å². The van der Waals surface area contributed by atoms with E-state index >= 15 is 0 Å². The number of sulfonamides is 1. The van der Waals surface area contributed by atoms with Crippen LogP contribution in [0.5, 0.6) is 0 Å². The summed E-state index contributed by atoms with van der Waals surface area (Å²) >= 11 is 3.02. The lowest BCUT2D eigenvalue weighted by atomic mass is 9.96. The number of halogens is 2. The maximum absolute atomic E-state index is 13.4. The zero-order chi connectivity index (χ0) is 13.6. The third kappa shape index (κ3) is 2.58. The highest BCUT2D eigenvalue weighted by atomic mass is 79.9. The van der Waals surface area contributed by atoms with Crippen molar-refractivity contribution in [1.29, 1.82) is 0 Å². The molecule has 0 saturated heterocycles. The van der Waals surface area contributed by atoms with Gasteiger partial charge in [-0.3, -0.25) is 0 Å². The van der Waals surface area contributed by atoms with Crippen LogP contribution in [0.1, 0.15) is 25.7 Å². The SMILES string of the molecule is O=S(=O)(NC1CC2CCC1C2)c1ccc(Br)c(F)c1. The zero-order valence-electron chi connectivity index (χ0n) is 10.3. The third-order valence-electron chi connectivity index (χ3n) is 4.25. The van der Waals surface area contributed by atoms with E-state index in [2.05, 4.69) is 20.7 Å². The first-order valence-corrected chi connectivity index (χ1v) is 8.71. The molecular formula is C13H15BrFNO2S. The summed E-state index contributed by atoms with van der Waals surface area (Å²) in [7, 11) is -3.62. The normalized spacial score (nSPS) is 29.9. The molecule has 0 aromatic heterocycles. The van der Waals surface area contributed by atoms with Crippen molar-refractivity contribution in [3.8, 4) is 0 Å². The molecule has 2 bridgehead atoms. The number of benzene rings is 1. The second-order valence-corrected chi connectivity index (χ2v) is 8.05. The predicted molar refractivity (Wildman–Crippen MR) is 73.7 cm³/mol. The molecular weight excluding hydrogens is 333 g/mol. The van der Waals surface area contributed by atoms with Crippen molar-refractivity contribution in [1.82, 2.24) is 4.72 Å². The van der Waals surface area contributed by atoms with E-state index < -0.39 is 15.8 Å². The van der Waals surface area contributed by atoms with E-state index in [-0.39, 0.29) is 15.4 Å². The van der Waals surface area contributed by atoms with Crippen molar-refractivity contribution in [2.24, 2.45) is 11.8 Å². The molecule has 1 N–H and O–H groups in total. The average Bonchev–Trinajstić information content (AvgIpc) is 2.94. The highest BCUT2D eigenvalue weighted by molar-refractivity contribution is 9.10. The van der Waals surface area contributed by atoms with Gasteiger partial charge in [-0.2, -0.15) is 0 Å². The van der Waals surface area contributed by atoms with Crippen LogP contribution in [0.25, 0.3) is 0 Å². The highest BCUT2D eigenvalue weighted by Crippen LogP contribution is 2.44. The second kappa shape index (κ2) is 4.82. The van der Waals surface area contributed by atoms with Gasteiger partial charge in [0.05, 0.1) is 9.37 Å². The monoisotopic (exact) mass is 347 g/mol. The van der Waals surface area contributed by atoms with E-state index in [1.54, 1.807) is 0 Å². The first-order valence-electron chi connectivity index (χ1n) is 6.43. The minimum absolute atomic E-state index is 0.00373. The summed E-state index contributed by atoms with van der Waals surface area (Å²) in [5.74, 6) is 0.565. The molecule has 0 radical (unpaired) electrons. The molecule has 104 valence electrons. The van der Waals surface area contributed by atoms with Gasteiger partial charge in [0, 0.05) is 6.04 Å². The number of nitrogens with one attached hydrogen (secondary N) is 1. The summed E-state index contributed by atoms with van der Waals surface area (Å²) in [5, 5.41) is 0. The lowest BCUT2D eigenvalue weighted by Crippen LogP contribution is -2.38. The Morgan fingerprint density at radius 3 is 2.63 bits per heavy atom. The number of fused-ring (bicyclic) bond motifs is 2. The maximum atomic E-state index is 13.4. The standard InChI is InChI=1S/C13H15BrFNO2S/c14-11-4-3-10(7-12(11)15)19(17,18)16-13-6-8-1-2-9(13)5-8/h3-4,7-9,13,16H,1-2,5-6H2. The summed E-state index contributed by atoms with van der Waals surface area (Å²) in [5.41, 5.74) is 0. The quantitative estimate of drug-likeness (QED) is 0.913. The molecule has 0 aliphatic heterocycles. The van der Waals surface area contributed by atoms with Gasteiger partial charge in [-0.05, 0) is 65.2 Å². The lowest BCUT2D eigenvalue weighted by Gasteiger charge is -2.22. The van der Waals surface area contributed by atoms with Crippen molar-refractivity contribution in [2.45, 2.75) is 36.6 Å². The van der Waals surface area contributed by atoms with Gasteiger partial charge in [-0.15, -0.1) is 0 Å². The minimum atomic E-state index is -3.62. The van der Waals surface area contributed by atoms with Crippen LogP contribution in [0.3, 0.4) is 0 Å². The predicted octanol–water partition coefficient (Wildman–Crippen LogP) is 3.06. The van der Waals surface area contributed by atoms with Crippen molar-refractivity contribution in [3.05, 3.63) is 28.5 Å². The molecule has 3 rings (SSSR count). The summed E-state index contributed by atoms with van der Waals surface area (Å²) < 4.78 is 40.9. The molecule has 0 spiro atoms. The van der Waals surface area contributed by atoms with E-state index in [4.69, 9.17) is 0 Å². The van der Waals surface area contributed by atoms with Crippen LogP contribution >= 0.6 is 15.9 Å². The maximum Gasteiger partial charge on any atom is 0.240 e. The van der Waals surface area contributed by atoms with Gasteiger partial charge in [0.15, 0.2) is 0 Å². The largest absolute Gasteiger partial charge is 0.240 e. The fourth-order valence-corrected chi connectivity index (χ4v) is 4.88. The molecule has 2 fully saturated rings. The molecule has 1 aromatic rings. The Kier molecular flexibility index (Phi) is 3.43. The van der Waals surface area contributed by atoms with Crippen molar-refractivity contribution >= 4 is 26.0 Å². The second-order valence-electron chi connectivity index (χ2n) is 5.48. The van der Waals surface area contributed by atoms with Crippen LogP contribution in [-0.4, -0.2) is 14.5 Å². The molecule has 2 aliphatic carbocycles. The third-order valence-corrected chi connectivity index (χ3v) is 6.38. The van der Waals surface area contributed by atoms with E-state index in [1.165, 1.54) is 18.6 Å². The van der Waals surface area contributed by atoms with Crippen LogP contribution in [0.4, 0.5) is 4.39 Å². The van der Waals surface area contributed by atoms with E-state index in [1.807, 2.05) is 0 Å². The summed E-state index contributed by atoms with van der Waals surface area (Å²) in [6, 6.07) is 3.92. The summed E-state index contributed by atoms with van der Waals surface area (Å²) in [6.07, 6.45) is 4.37. The van der Waals surface area contributed by atoms with Crippen molar-refractivity contribution < 1.29 is 12.8 Å². The summed E-state index contributed by atoms with van der Waals surface area (Å²) in [6.45, 7) is 0. The Morgan fingerprint density at radius 2 is 2.05 bits per heavy atom.